The molecule has 1 N–H and O–H groups in total. The molecular weight excluding hydrogens is 258 g/mol. The molecule has 0 saturated heterocycles. The summed E-state index contributed by atoms with van der Waals surface area (Å²) in [5.41, 5.74) is 0.971. The SMILES string of the molecule is CCCCOOC(=O)N(Cc1ccccc1)CC(C)O. The number of aliphatic hydroxyl groups excluding tert-OH is 1. The van der Waals surface area contributed by atoms with Gasteiger partial charge in [0.1, 0.15) is 0 Å². The van der Waals surface area contributed by atoms with E-state index in [2.05, 4.69) is 0 Å². The van der Waals surface area contributed by atoms with Crippen LogP contribution in [0.25, 0.3) is 0 Å². The van der Waals surface area contributed by atoms with Crippen molar-refractivity contribution in [2.75, 3.05) is 13.2 Å². The summed E-state index contributed by atoms with van der Waals surface area (Å²) in [4.78, 5) is 23.0. The van der Waals surface area contributed by atoms with Gasteiger partial charge >= 0.3 is 6.09 Å². The molecule has 0 aliphatic rings. The van der Waals surface area contributed by atoms with Crippen LogP contribution in [0.5, 0.6) is 0 Å². The van der Waals surface area contributed by atoms with Crippen molar-refractivity contribution in [1.29, 1.82) is 0 Å². The van der Waals surface area contributed by atoms with Gasteiger partial charge in [-0.2, -0.15) is 4.89 Å². The fourth-order valence-electron chi connectivity index (χ4n) is 1.67. The molecule has 1 atom stereocenters. The van der Waals surface area contributed by atoms with Crippen molar-refractivity contribution in [2.45, 2.75) is 39.3 Å². The summed E-state index contributed by atoms with van der Waals surface area (Å²) in [7, 11) is 0. The summed E-state index contributed by atoms with van der Waals surface area (Å²) >= 11 is 0. The lowest BCUT2D eigenvalue weighted by Gasteiger charge is -2.22. The molecule has 0 fully saturated rings. The molecule has 0 aliphatic carbocycles. The molecule has 1 unspecified atom stereocenters. The highest BCUT2D eigenvalue weighted by atomic mass is 17.2. The molecular formula is C15H23NO4. The number of carbonyl (C=O) groups is 1. The smallest absolute Gasteiger partial charge is 0.392 e. The summed E-state index contributed by atoms with van der Waals surface area (Å²) in [6, 6.07) is 9.55. The van der Waals surface area contributed by atoms with Crippen molar-refractivity contribution in [2.24, 2.45) is 0 Å². The number of nitrogens with zero attached hydrogens (tertiary/aromatic N) is 1. The van der Waals surface area contributed by atoms with Crippen LogP contribution in [-0.4, -0.2) is 35.4 Å². The number of amides is 1. The molecule has 5 nitrogen and oxygen atoms in total. The van der Waals surface area contributed by atoms with Crippen LogP contribution < -0.4 is 0 Å². The van der Waals surface area contributed by atoms with E-state index >= 15 is 0 Å². The second-order valence-electron chi connectivity index (χ2n) is 4.74. The monoisotopic (exact) mass is 281 g/mol. The first kappa shape index (κ1) is 16.5. The van der Waals surface area contributed by atoms with Gasteiger partial charge in [-0.1, -0.05) is 43.7 Å². The third-order valence-corrected chi connectivity index (χ3v) is 2.67. The summed E-state index contributed by atoms with van der Waals surface area (Å²) in [5, 5.41) is 9.47. The molecule has 0 saturated carbocycles. The zero-order valence-electron chi connectivity index (χ0n) is 12.1. The van der Waals surface area contributed by atoms with E-state index < -0.39 is 12.2 Å². The van der Waals surface area contributed by atoms with Crippen LogP contribution in [0.15, 0.2) is 30.3 Å². The van der Waals surface area contributed by atoms with Crippen molar-refractivity contribution in [3.63, 3.8) is 0 Å². The Hall–Kier alpha value is -1.59. The second kappa shape index (κ2) is 9.34. The number of aliphatic hydroxyl groups is 1. The highest BCUT2D eigenvalue weighted by Gasteiger charge is 2.18. The van der Waals surface area contributed by atoms with Crippen LogP contribution in [0.2, 0.25) is 0 Å². The van der Waals surface area contributed by atoms with Gasteiger partial charge in [-0.05, 0) is 18.9 Å². The van der Waals surface area contributed by atoms with E-state index in [-0.39, 0.29) is 6.54 Å². The molecule has 0 radical (unpaired) electrons. The fraction of sp³-hybridized carbons (Fsp3) is 0.533. The standard InChI is InChI=1S/C15H23NO4/c1-3-4-10-19-20-15(18)16(11-13(2)17)12-14-8-6-5-7-9-14/h5-9,13,17H,3-4,10-12H2,1-2H3. The first-order valence-electron chi connectivity index (χ1n) is 6.93. The van der Waals surface area contributed by atoms with Gasteiger partial charge in [-0.3, -0.25) is 9.79 Å². The Morgan fingerprint density at radius 2 is 2.05 bits per heavy atom. The molecule has 112 valence electrons. The maximum atomic E-state index is 11.9. The van der Waals surface area contributed by atoms with E-state index in [1.807, 2.05) is 37.3 Å². The average molecular weight is 281 g/mol. The largest absolute Gasteiger partial charge is 0.441 e. The Labute approximate surface area is 120 Å². The quantitative estimate of drug-likeness (QED) is 0.452. The molecule has 1 aromatic carbocycles. The number of benzene rings is 1. The third-order valence-electron chi connectivity index (χ3n) is 2.67. The third kappa shape index (κ3) is 6.54. The lowest BCUT2D eigenvalue weighted by molar-refractivity contribution is -0.247. The van der Waals surface area contributed by atoms with Gasteiger partial charge in [0.15, 0.2) is 0 Å². The van der Waals surface area contributed by atoms with Crippen LogP contribution in [0.1, 0.15) is 32.3 Å². The van der Waals surface area contributed by atoms with E-state index in [0.717, 1.165) is 18.4 Å². The van der Waals surface area contributed by atoms with Crippen LogP contribution >= 0.6 is 0 Å². The van der Waals surface area contributed by atoms with E-state index in [1.165, 1.54) is 4.90 Å². The van der Waals surface area contributed by atoms with E-state index in [4.69, 9.17) is 9.78 Å². The minimum absolute atomic E-state index is 0.199. The van der Waals surface area contributed by atoms with Gasteiger partial charge in [0, 0.05) is 6.54 Å². The van der Waals surface area contributed by atoms with Crippen LogP contribution in [0.4, 0.5) is 4.79 Å². The number of hydrogen-bond acceptors (Lipinski definition) is 4. The number of carbonyl (C=O) groups excluding carboxylic acids is 1. The van der Waals surface area contributed by atoms with Gasteiger partial charge in [0.2, 0.25) is 0 Å². The minimum Gasteiger partial charge on any atom is -0.392 e. The van der Waals surface area contributed by atoms with E-state index in [9.17, 15) is 9.90 Å². The Bertz CT molecular complexity index is 381. The van der Waals surface area contributed by atoms with Crippen molar-refractivity contribution >= 4 is 6.09 Å². The van der Waals surface area contributed by atoms with Gasteiger partial charge in [0.25, 0.3) is 0 Å². The molecule has 0 bridgehead atoms. The van der Waals surface area contributed by atoms with Crippen LogP contribution in [-0.2, 0) is 16.3 Å². The van der Waals surface area contributed by atoms with Gasteiger partial charge in [-0.15, -0.1) is 0 Å². The lowest BCUT2D eigenvalue weighted by atomic mass is 10.2. The summed E-state index contributed by atoms with van der Waals surface area (Å²) < 4.78 is 0. The van der Waals surface area contributed by atoms with Gasteiger partial charge < -0.3 is 5.11 Å². The number of hydrogen-bond donors (Lipinski definition) is 1. The molecule has 0 aromatic heterocycles. The maximum Gasteiger partial charge on any atom is 0.441 e. The Balaban J connectivity index is 2.52. The molecule has 20 heavy (non-hydrogen) atoms. The number of rotatable bonds is 8. The van der Waals surface area contributed by atoms with Crippen molar-refractivity contribution < 1.29 is 19.7 Å². The molecule has 1 aromatic rings. The van der Waals surface area contributed by atoms with Crippen molar-refractivity contribution in [3.8, 4) is 0 Å². The van der Waals surface area contributed by atoms with Gasteiger partial charge in [0.05, 0.1) is 19.3 Å². The Morgan fingerprint density at radius 3 is 2.65 bits per heavy atom. The van der Waals surface area contributed by atoms with E-state index in [1.54, 1.807) is 6.92 Å². The summed E-state index contributed by atoms with van der Waals surface area (Å²) in [6.07, 6.45) is 0.606. The Kier molecular flexibility index (Phi) is 7.69. The minimum atomic E-state index is -0.623. The highest BCUT2D eigenvalue weighted by Crippen LogP contribution is 2.07. The summed E-state index contributed by atoms with van der Waals surface area (Å²) in [6.45, 7) is 4.62. The first-order chi connectivity index (χ1) is 9.63. The molecule has 0 heterocycles. The summed E-state index contributed by atoms with van der Waals surface area (Å²) in [5.74, 6) is 0. The van der Waals surface area contributed by atoms with Crippen LogP contribution in [0.3, 0.4) is 0 Å². The normalized spacial score (nSPS) is 11.9. The highest BCUT2D eigenvalue weighted by molar-refractivity contribution is 5.67. The lowest BCUT2D eigenvalue weighted by Crippen LogP contribution is -2.36. The predicted molar refractivity (Wildman–Crippen MR) is 75.9 cm³/mol. The molecule has 1 rings (SSSR count). The zero-order valence-corrected chi connectivity index (χ0v) is 12.1. The molecule has 5 heteroatoms. The first-order valence-corrected chi connectivity index (χ1v) is 6.93. The average Bonchev–Trinajstić information content (AvgIpc) is 2.43. The van der Waals surface area contributed by atoms with Gasteiger partial charge in [-0.25, -0.2) is 4.79 Å². The zero-order chi connectivity index (χ0) is 14.8. The molecule has 0 aliphatic heterocycles. The fourth-order valence-corrected chi connectivity index (χ4v) is 1.67. The number of unbranched alkanes of at least 4 members (excludes halogenated alkanes) is 1. The second-order valence-corrected chi connectivity index (χ2v) is 4.74. The van der Waals surface area contributed by atoms with Crippen molar-refractivity contribution in [1.82, 2.24) is 4.90 Å². The Morgan fingerprint density at radius 1 is 1.35 bits per heavy atom. The van der Waals surface area contributed by atoms with Crippen molar-refractivity contribution in [3.05, 3.63) is 35.9 Å². The molecule has 1 amide bonds. The predicted octanol–water partition coefficient (Wildman–Crippen LogP) is 2.74. The van der Waals surface area contributed by atoms with Crippen LogP contribution in [0, 0.1) is 0 Å². The topological polar surface area (TPSA) is 59.0 Å². The van der Waals surface area contributed by atoms with E-state index in [0.29, 0.717) is 13.2 Å². The maximum absolute atomic E-state index is 11.9. The molecule has 0 spiro atoms.